The number of carbonyl (C=O) groups excluding carboxylic acids is 1. The van der Waals surface area contributed by atoms with Crippen LogP contribution in [0.2, 0.25) is 0 Å². The molecule has 0 radical (unpaired) electrons. The first-order valence-corrected chi connectivity index (χ1v) is 11.5. The van der Waals surface area contributed by atoms with E-state index in [1.165, 1.54) is 22.6 Å². The molecule has 34 heavy (non-hydrogen) atoms. The van der Waals surface area contributed by atoms with Gasteiger partial charge in [0.15, 0.2) is 29.3 Å². The Kier molecular flexibility index (Phi) is 8.12. The molecular weight excluding hydrogens is 561 g/mol. The molecule has 8 heteroatoms. The van der Waals surface area contributed by atoms with Crippen molar-refractivity contribution < 1.29 is 27.1 Å². The summed E-state index contributed by atoms with van der Waals surface area (Å²) in [4.78, 5) is 17.6. The fourth-order valence-electron chi connectivity index (χ4n) is 3.24. The van der Waals surface area contributed by atoms with Gasteiger partial charge in [-0.2, -0.15) is 0 Å². The van der Waals surface area contributed by atoms with Crippen molar-refractivity contribution in [3.63, 3.8) is 0 Å². The molecule has 0 bridgehead atoms. The number of aliphatic imine (C=N–C) groups is 1. The van der Waals surface area contributed by atoms with E-state index in [-0.39, 0.29) is 0 Å². The highest BCUT2D eigenvalue weighted by molar-refractivity contribution is 14.1. The standard InChI is InChI=1S/C26H22F4INO2/c1-26(2,3)34-25(33)18(14-17-19(27)21(29)23(31)22(30)20(17)28)32-24(15-10-6-4-7-11-15)16-12-8-5-9-13-16/h4-13,18H,14H2,1-3H3/t18-/m0/s1. The van der Waals surface area contributed by atoms with Gasteiger partial charge in [-0.05, 0) is 43.4 Å². The highest BCUT2D eigenvalue weighted by Gasteiger charge is 2.31. The summed E-state index contributed by atoms with van der Waals surface area (Å²) in [5.74, 6) is -7.04. The number of hydrogen-bond donors (Lipinski definition) is 0. The molecule has 0 aliphatic carbocycles. The van der Waals surface area contributed by atoms with Crippen LogP contribution in [0, 0.1) is 26.8 Å². The topological polar surface area (TPSA) is 38.7 Å². The average molecular weight is 583 g/mol. The van der Waals surface area contributed by atoms with E-state index in [2.05, 4.69) is 4.99 Å². The Morgan fingerprint density at radius 3 is 1.71 bits per heavy atom. The normalized spacial score (nSPS) is 12.2. The van der Waals surface area contributed by atoms with Gasteiger partial charge in [0.05, 0.1) is 9.28 Å². The van der Waals surface area contributed by atoms with Crippen LogP contribution in [-0.4, -0.2) is 23.3 Å². The predicted molar refractivity (Wildman–Crippen MR) is 131 cm³/mol. The molecule has 3 aromatic carbocycles. The Labute approximate surface area is 209 Å². The maximum atomic E-state index is 14.7. The lowest BCUT2D eigenvalue weighted by molar-refractivity contribution is -0.156. The number of benzene rings is 3. The molecule has 0 N–H and O–H groups in total. The van der Waals surface area contributed by atoms with E-state index in [1.54, 1.807) is 81.4 Å². The van der Waals surface area contributed by atoms with Crippen LogP contribution in [0.5, 0.6) is 0 Å². The van der Waals surface area contributed by atoms with Crippen molar-refractivity contribution in [1.29, 1.82) is 0 Å². The molecule has 0 amide bonds. The van der Waals surface area contributed by atoms with E-state index < -0.39 is 56.4 Å². The van der Waals surface area contributed by atoms with Crippen molar-refractivity contribution in [3.05, 3.63) is 104 Å². The van der Waals surface area contributed by atoms with E-state index in [9.17, 15) is 22.4 Å². The largest absolute Gasteiger partial charge is 0.458 e. The van der Waals surface area contributed by atoms with Crippen LogP contribution in [0.3, 0.4) is 0 Å². The van der Waals surface area contributed by atoms with Crippen molar-refractivity contribution in [2.24, 2.45) is 4.99 Å². The molecule has 0 aliphatic rings. The lowest BCUT2D eigenvalue weighted by atomic mass is 10.00. The summed E-state index contributed by atoms with van der Waals surface area (Å²) in [7, 11) is 0. The van der Waals surface area contributed by atoms with Gasteiger partial charge in [0, 0.05) is 23.1 Å². The van der Waals surface area contributed by atoms with Crippen molar-refractivity contribution in [2.75, 3.05) is 0 Å². The lowest BCUT2D eigenvalue weighted by Gasteiger charge is -2.23. The number of carbonyl (C=O) groups is 1. The minimum atomic E-state index is -1.56. The molecule has 0 heterocycles. The average Bonchev–Trinajstić information content (AvgIpc) is 2.81. The second kappa shape index (κ2) is 10.7. The van der Waals surface area contributed by atoms with Crippen molar-refractivity contribution >= 4 is 34.3 Å². The van der Waals surface area contributed by atoms with Gasteiger partial charge in [-0.15, -0.1) is 0 Å². The molecular formula is C26H22F4INO2. The van der Waals surface area contributed by atoms with E-state index in [4.69, 9.17) is 4.74 Å². The number of esters is 1. The SMILES string of the molecule is CC(C)(C)OC(=O)[C@H](Cc1c(F)c(F)c(I)c(F)c1F)N=C(c1ccccc1)c1ccccc1. The fraction of sp³-hybridized carbons (Fsp3) is 0.231. The van der Waals surface area contributed by atoms with Gasteiger partial charge in [-0.3, -0.25) is 4.99 Å². The molecule has 0 saturated heterocycles. The zero-order chi connectivity index (χ0) is 25.0. The molecule has 3 nitrogen and oxygen atoms in total. The first-order valence-electron chi connectivity index (χ1n) is 10.4. The maximum absolute atomic E-state index is 14.7. The third-order valence-electron chi connectivity index (χ3n) is 4.76. The Hall–Kier alpha value is -2.75. The minimum absolute atomic E-state index is 0.365. The Bertz CT molecular complexity index is 1140. The number of rotatable bonds is 6. The fourth-order valence-corrected chi connectivity index (χ4v) is 3.71. The molecule has 0 spiro atoms. The molecule has 1 atom stereocenters. The second-order valence-electron chi connectivity index (χ2n) is 8.51. The van der Waals surface area contributed by atoms with Crippen LogP contribution in [0.1, 0.15) is 37.5 Å². The summed E-state index contributed by atoms with van der Waals surface area (Å²) in [6.07, 6.45) is -0.736. The van der Waals surface area contributed by atoms with Crippen LogP contribution in [0.4, 0.5) is 17.6 Å². The van der Waals surface area contributed by atoms with Gasteiger partial charge in [-0.1, -0.05) is 60.7 Å². The lowest BCUT2D eigenvalue weighted by Crippen LogP contribution is -2.33. The Morgan fingerprint density at radius 1 is 0.853 bits per heavy atom. The molecule has 178 valence electrons. The van der Waals surface area contributed by atoms with E-state index in [0.717, 1.165) is 0 Å². The monoisotopic (exact) mass is 583 g/mol. The van der Waals surface area contributed by atoms with Gasteiger partial charge >= 0.3 is 5.97 Å². The van der Waals surface area contributed by atoms with E-state index in [0.29, 0.717) is 16.8 Å². The molecule has 3 rings (SSSR count). The van der Waals surface area contributed by atoms with Crippen LogP contribution < -0.4 is 0 Å². The van der Waals surface area contributed by atoms with Crippen LogP contribution in [-0.2, 0) is 16.0 Å². The zero-order valence-electron chi connectivity index (χ0n) is 18.7. The summed E-state index contributed by atoms with van der Waals surface area (Å²) in [5.41, 5.74) is -0.185. The summed E-state index contributed by atoms with van der Waals surface area (Å²) in [6, 6.07) is 16.3. The first kappa shape index (κ1) is 25.9. The van der Waals surface area contributed by atoms with Gasteiger partial charge in [0.25, 0.3) is 0 Å². The highest BCUT2D eigenvalue weighted by atomic mass is 127. The number of halogens is 5. The molecule has 0 aromatic heterocycles. The minimum Gasteiger partial charge on any atom is -0.458 e. The molecule has 3 aromatic rings. The summed E-state index contributed by atoms with van der Waals surface area (Å²) in [6.45, 7) is 4.89. The van der Waals surface area contributed by atoms with Gasteiger partial charge in [0.2, 0.25) is 0 Å². The third kappa shape index (κ3) is 6.02. The predicted octanol–water partition coefficient (Wildman–Crippen LogP) is 6.64. The van der Waals surface area contributed by atoms with E-state index >= 15 is 0 Å². The molecule has 0 saturated carbocycles. The third-order valence-corrected chi connectivity index (χ3v) is 5.70. The summed E-state index contributed by atoms with van der Waals surface area (Å²) in [5, 5.41) is 0. The van der Waals surface area contributed by atoms with Crippen molar-refractivity contribution in [3.8, 4) is 0 Å². The highest BCUT2D eigenvalue weighted by Crippen LogP contribution is 2.28. The number of ether oxygens (including phenoxy) is 1. The van der Waals surface area contributed by atoms with Gasteiger partial charge in [0.1, 0.15) is 5.60 Å². The summed E-state index contributed by atoms with van der Waals surface area (Å²) >= 11 is 1.19. The van der Waals surface area contributed by atoms with Crippen molar-refractivity contribution in [2.45, 2.75) is 38.8 Å². The van der Waals surface area contributed by atoms with Crippen LogP contribution in [0.25, 0.3) is 0 Å². The van der Waals surface area contributed by atoms with Gasteiger partial charge in [-0.25, -0.2) is 22.4 Å². The Morgan fingerprint density at radius 2 is 1.29 bits per heavy atom. The number of hydrogen-bond acceptors (Lipinski definition) is 3. The van der Waals surface area contributed by atoms with Crippen LogP contribution >= 0.6 is 22.6 Å². The summed E-state index contributed by atoms with van der Waals surface area (Å²) < 4.78 is 62.4. The Balaban J connectivity index is 2.18. The van der Waals surface area contributed by atoms with Gasteiger partial charge < -0.3 is 4.74 Å². The second-order valence-corrected chi connectivity index (χ2v) is 9.59. The molecule has 0 unspecified atom stereocenters. The van der Waals surface area contributed by atoms with Crippen LogP contribution in [0.15, 0.2) is 65.7 Å². The maximum Gasteiger partial charge on any atom is 0.331 e. The number of nitrogens with zero attached hydrogens (tertiary/aromatic N) is 1. The van der Waals surface area contributed by atoms with Crippen molar-refractivity contribution in [1.82, 2.24) is 0 Å². The zero-order valence-corrected chi connectivity index (χ0v) is 20.9. The molecule has 0 fully saturated rings. The molecule has 0 aliphatic heterocycles. The first-order chi connectivity index (χ1) is 16.0. The quantitative estimate of drug-likeness (QED) is 0.0816. The smallest absolute Gasteiger partial charge is 0.331 e. The van der Waals surface area contributed by atoms with E-state index in [1.807, 2.05) is 0 Å².